The number of hydrogen-bond acceptors (Lipinski definition) is 4. The Bertz CT molecular complexity index is 866. The second kappa shape index (κ2) is 10.5. The fraction of sp³-hybridized carbons (Fsp3) is 0.409. The number of guanidine groups is 1. The van der Waals surface area contributed by atoms with Crippen molar-refractivity contribution in [1.29, 1.82) is 0 Å². The number of ether oxygens (including phenoxy) is 2. The van der Waals surface area contributed by atoms with Crippen molar-refractivity contribution in [1.82, 2.24) is 10.2 Å². The Morgan fingerprint density at radius 1 is 1.19 bits per heavy atom. The molecule has 3 rings (SSSR count). The third-order valence-electron chi connectivity index (χ3n) is 4.98. The summed E-state index contributed by atoms with van der Waals surface area (Å²) in [6, 6.07) is 14.1. The third kappa shape index (κ3) is 7.45. The minimum absolute atomic E-state index is 0.122. The van der Waals surface area contributed by atoms with Crippen LogP contribution in [0.4, 0.5) is 13.2 Å². The first kappa shape index (κ1) is 22.9. The summed E-state index contributed by atoms with van der Waals surface area (Å²) in [5.41, 5.74) is 9.15. The minimum atomic E-state index is -4.71. The summed E-state index contributed by atoms with van der Waals surface area (Å²) >= 11 is 0. The molecule has 0 bridgehead atoms. The van der Waals surface area contributed by atoms with Crippen molar-refractivity contribution in [3.05, 3.63) is 65.2 Å². The average molecular weight is 436 g/mol. The Hall–Kier alpha value is -2.78. The van der Waals surface area contributed by atoms with E-state index in [0.29, 0.717) is 19.8 Å². The number of morpholine rings is 1. The van der Waals surface area contributed by atoms with Crippen LogP contribution in [0, 0.1) is 6.92 Å². The molecule has 3 N–H and O–H groups in total. The lowest BCUT2D eigenvalue weighted by Crippen LogP contribution is -2.45. The molecule has 0 radical (unpaired) electrons. The summed E-state index contributed by atoms with van der Waals surface area (Å²) in [6.07, 6.45) is -4.71. The predicted octanol–water partition coefficient (Wildman–Crippen LogP) is 3.37. The molecule has 0 saturated carbocycles. The normalized spacial score (nSPS) is 16.7. The molecule has 0 spiro atoms. The molecular formula is C22H27F3N4O2. The van der Waals surface area contributed by atoms with Crippen LogP contribution in [0.3, 0.4) is 0 Å². The highest BCUT2D eigenvalue weighted by Crippen LogP contribution is 2.23. The summed E-state index contributed by atoms with van der Waals surface area (Å²) in [6.45, 7) is 5.95. The van der Waals surface area contributed by atoms with Crippen molar-refractivity contribution in [2.75, 3.05) is 32.8 Å². The van der Waals surface area contributed by atoms with Crippen LogP contribution in [0.25, 0.3) is 0 Å². The molecule has 1 aliphatic rings. The zero-order valence-corrected chi connectivity index (χ0v) is 17.4. The molecule has 1 heterocycles. The summed E-state index contributed by atoms with van der Waals surface area (Å²) in [5, 5.41) is 3.18. The lowest BCUT2D eigenvalue weighted by atomic mass is 10.0. The Morgan fingerprint density at radius 2 is 1.90 bits per heavy atom. The standard InChI is InChI=1S/C22H27F3N4O2/c1-16-3-2-4-18(13-16)20(29-9-11-30-12-10-29)15-28-21(26)27-14-17-5-7-19(8-6-17)31-22(23,24)25/h2-8,13,20H,9-12,14-15H2,1H3,(H3,26,27,28). The number of hydrogen-bond donors (Lipinski definition) is 2. The first-order chi connectivity index (χ1) is 14.8. The molecular weight excluding hydrogens is 409 g/mol. The van der Waals surface area contributed by atoms with Crippen LogP contribution in [0.1, 0.15) is 22.7 Å². The predicted molar refractivity (Wildman–Crippen MR) is 113 cm³/mol. The number of aliphatic imine (C=N–C) groups is 1. The van der Waals surface area contributed by atoms with Crippen molar-refractivity contribution in [3.63, 3.8) is 0 Å². The second-order valence-electron chi connectivity index (χ2n) is 7.35. The number of rotatable bonds is 7. The van der Waals surface area contributed by atoms with E-state index in [-0.39, 0.29) is 24.3 Å². The topological polar surface area (TPSA) is 72.1 Å². The van der Waals surface area contributed by atoms with E-state index >= 15 is 0 Å². The Kier molecular flexibility index (Phi) is 7.75. The third-order valence-corrected chi connectivity index (χ3v) is 4.98. The fourth-order valence-corrected chi connectivity index (χ4v) is 3.45. The van der Waals surface area contributed by atoms with Gasteiger partial charge in [-0.3, -0.25) is 4.90 Å². The zero-order chi connectivity index (χ0) is 22.3. The first-order valence-electron chi connectivity index (χ1n) is 10.1. The van der Waals surface area contributed by atoms with Gasteiger partial charge < -0.3 is 20.5 Å². The quantitative estimate of drug-likeness (QED) is 0.514. The van der Waals surface area contributed by atoms with Gasteiger partial charge in [0.05, 0.1) is 25.8 Å². The van der Waals surface area contributed by atoms with Crippen LogP contribution in [-0.4, -0.2) is 50.1 Å². The average Bonchev–Trinajstić information content (AvgIpc) is 2.73. The molecule has 6 nitrogen and oxygen atoms in total. The van der Waals surface area contributed by atoms with Crippen LogP contribution < -0.4 is 15.8 Å². The van der Waals surface area contributed by atoms with Crippen LogP contribution >= 0.6 is 0 Å². The van der Waals surface area contributed by atoms with E-state index in [1.807, 2.05) is 6.07 Å². The summed E-state index contributed by atoms with van der Waals surface area (Å²) in [4.78, 5) is 6.66. The lowest BCUT2D eigenvalue weighted by molar-refractivity contribution is -0.274. The highest BCUT2D eigenvalue weighted by molar-refractivity contribution is 5.77. The van der Waals surface area contributed by atoms with Gasteiger partial charge in [0.2, 0.25) is 0 Å². The van der Waals surface area contributed by atoms with Crippen molar-refractivity contribution >= 4 is 5.96 Å². The van der Waals surface area contributed by atoms with Crippen molar-refractivity contribution in [3.8, 4) is 5.75 Å². The van der Waals surface area contributed by atoms with Gasteiger partial charge in [0.15, 0.2) is 5.96 Å². The zero-order valence-electron chi connectivity index (χ0n) is 17.4. The van der Waals surface area contributed by atoms with Crippen molar-refractivity contribution in [2.24, 2.45) is 10.7 Å². The Labute approximate surface area is 179 Å². The maximum Gasteiger partial charge on any atom is 0.573 e. The van der Waals surface area contributed by atoms with Crippen LogP contribution in [0.15, 0.2) is 53.5 Å². The van der Waals surface area contributed by atoms with Crippen molar-refractivity contribution in [2.45, 2.75) is 25.9 Å². The second-order valence-corrected chi connectivity index (χ2v) is 7.35. The summed E-state index contributed by atoms with van der Waals surface area (Å²) < 4.78 is 46.1. The minimum Gasteiger partial charge on any atom is -0.406 e. The van der Waals surface area contributed by atoms with Crippen LogP contribution in [0.2, 0.25) is 0 Å². The molecule has 31 heavy (non-hydrogen) atoms. The lowest BCUT2D eigenvalue weighted by Gasteiger charge is -2.35. The van der Waals surface area contributed by atoms with E-state index < -0.39 is 6.36 Å². The molecule has 1 saturated heterocycles. The maximum atomic E-state index is 12.2. The van der Waals surface area contributed by atoms with Gasteiger partial charge in [-0.05, 0) is 30.2 Å². The number of nitrogens with two attached hydrogens (primary N) is 1. The first-order valence-corrected chi connectivity index (χ1v) is 10.1. The number of nitrogens with one attached hydrogen (secondary N) is 1. The Morgan fingerprint density at radius 3 is 2.55 bits per heavy atom. The smallest absolute Gasteiger partial charge is 0.406 e. The number of alkyl halides is 3. The van der Waals surface area contributed by atoms with Gasteiger partial charge in [0.1, 0.15) is 5.75 Å². The fourth-order valence-electron chi connectivity index (χ4n) is 3.45. The molecule has 168 valence electrons. The SMILES string of the molecule is Cc1cccc(C(CNC(N)=NCc2ccc(OC(F)(F)F)cc2)N2CCOCC2)c1. The van der Waals surface area contributed by atoms with Gasteiger partial charge in [0.25, 0.3) is 0 Å². The largest absolute Gasteiger partial charge is 0.573 e. The van der Waals surface area contributed by atoms with Gasteiger partial charge in [-0.25, -0.2) is 4.99 Å². The maximum absolute atomic E-state index is 12.2. The molecule has 2 aromatic carbocycles. The van der Waals surface area contributed by atoms with E-state index in [2.05, 4.69) is 45.1 Å². The summed E-state index contributed by atoms with van der Waals surface area (Å²) in [7, 11) is 0. The van der Waals surface area contributed by atoms with Gasteiger partial charge in [0, 0.05) is 19.6 Å². The summed E-state index contributed by atoms with van der Waals surface area (Å²) in [5.74, 6) is 0.0133. The number of halogens is 3. The molecule has 9 heteroatoms. The molecule has 1 fully saturated rings. The number of aryl methyl sites for hydroxylation is 1. The Balaban J connectivity index is 1.59. The molecule has 1 atom stereocenters. The van der Waals surface area contributed by atoms with E-state index in [0.717, 1.165) is 18.7 Å². The molecule has 0 amide bonds. The van der Waals surface area contributed by atoms with Gasteiger partial charge >= 0.3 is 6.36 Å². The van der Waals surface area contributed by atoms with Gasteiger partial charge in [-0.2, -0.15) is 0 Å². The van der Waals surface area contributed by atoms with Gasteiger partial charge in [-0.1, -0.05) is 42.0 Å². The molecule has 1 aliphatic heterocycles. The number of nitrogens with zero attached hydrogens (tertiary/aromatic N) is 2. The van der Waals surface area contributed by atoms with Crippen LogP contribution in [0.5, 0.6) is 5.75 Å². The molecule has 0 aliphatic carbocycles. The monoisotopic (exact) mass is 436 g/mol. The molecule has 0 aromatic heterocycles. The van der Waals surface area contributed by atoms with E-state index in [4.69, 9.17) is 10.5 Å². The van der Waals surface area contributed by atoms with Crippen molar-refractivity contribution < 1.29 is 22.6 Å². The van der Waals surface area contributed by atoms with Gasteiger partial charge in [-0.15, -0.1) is 13.2 Å². The van der Waals surface area contributed by atoms with E-state index in [1.165, 1.54) is 35.4 Å². The highest BCUT2D eigenvalue weighted by Gasteiger charge is 2.31. The molecule has 1 unspecified atom stereocenters. The van der Waals surface area contributed by atoms with Crippen LogP contribution in [-0.2, 0) is 11.3 Å². The highest BCUT2D eigenvalue weighted by atomic mass is 19.4. The van der Waals surface area contributed by atoms with E-state index in [9.17, 15) is 13.2 Å². The number of benzene rings is 2. The molecule has 2 aromatic rings. The van der Waals surface area contributed by atoms with E-state index in [1.54, 1.807) is 0 Å².